The Morgan fingerprint density at radius 2 is 1.75 bits per heavy atom. The normalized spacial score (nSPS) is 24.1. The van der Waals surface area contributed by atoms with Crippen molar-refractivity contribution in [3.05, 3.63) is 23.5 Å². The molecule has 0 aliphatic carbocycles. The summed E-state index contributed by atoms with van der Waals surface area (Å²) in [4.78, 5) is 3.31. The highest BCUT2D eigenvalue weighted by Crippen LogP contribution is 2.36. The van der Waals surface area contributed by atoms with Crippen LogP contribution in [0.2, 0.25) is 0 Å². The molecular formula is C13H17BF3NO2. The van der Waals surface area contributed by atoms with Crippen molar-refractivity contribution in [3.8, 4) is 0 Å². The fourth-order valence-electron chi connectivity index (χ4n) is 1.81. The molecule has 1 aliphatic rings. The van der Waals surface area contributed by atoms with Gasteiger partial charge in [0.2, 0.25) is 0 Å². The number of halogens is 3. The Balaban J connectivity index is 2.48. The maximum atomic E-state index is 13.0. The van der Waals surface area contributed by atoms with Crippen LogP contribution < -0.4 is 5.46 Å². The van der Waals surface area contributed by atoms with E-state index >= 15 is 0 Å². The van der Waals surface area contributed by atoms with E-state index in [0.29, 0.717) is 0 Å². The molecular weight excluding hydrogens is 270 g/mol. The first-order valence-corrected chi connectivity index (χ1v) is 6.08. The smallest absolute Gasteiger partial charge is 0.399 e. The zero-order chi connectivity index (χ0) is 17.8. The highest BCUT2D eigenvalue weighted by molar-refractivity contribution is 6.62. The molecule has 0 N–H and O–H groups in total. The fraction of sp³-hybridized carbons (Fsp3) is 0.615. The van der Waals surface area contributed by atoms with Crippen molar-refractivity contribution < 1.29 is 26.6 Å². The number of aryl methyl sites for hydroxylation is 1. The molecule has 1 aromatic rings. The van der Waals surface area contributed by atoms with Gasteiger partial charge in [-0.05, 0) is 40.1 Å². The van der Waals surface area contributed by atoms with Crippen LogP contribution in [0.3, 0.4) is 0 Å². The van der Waals surface area contributed by atoms with Gasteiger partial charge in [-0.1, -0.05) is 6.07 Å². The lowest BCUT2D eigenvalue weighted by Gasteiger charge is -2.32. The third-order valence-electron chi connectivity index (χ3n) is 3.70. The van der Waals surface area contributed by atoms with Gasteiger partial charge in [0.05, 0.1) is 11.2 Å². The van der Waals surface area contributed by atoms with Crippen LogP contribution >= 0.6 is 0 Å². The number of pyridine rings is 1. The van der Waals surface area contributed by atoms with Gasteiger partial charge in [0.25, 0.3) is 0 Å². The van der Waals surface area contributed by atoms with E-state index in [9.17, 15) is 13.2 Å². The van der Waals surface area contributed by atoms with Crippen LogP contribution in [0.4, 0.5) is 13.2 Å². The van der Waals surface area contributed by atoms with Crippen molar-refractivity contribution in [2.45, 2.75) is 51.9 Å². The molecule has 20 heavy (non-hydrogen) atoms. The van der Waals surface area contributed by atoms with Crippen LogP contribution in [0, 0.1) is 6.85 Å². The van der Waals surface area contributed by atoms with Crippen LogP contribution in [0.1, 0.15) is 43.1 Å². The Morgan fingerprint density at radius 3 is 2.20 bits per heavy atom. The molecule has 0 amide bonds. The zero-order valence-electron chi connectivity index (χ0n) is 14.6. The molecule has 1 aromatic heterocycles. The molecule has 2 rings (SSSR count). The average Bonchev–Trinajstić information content (AvgIpc) is 2.55. The maximum absolute atomic E-state index is 13.0. The summed E-state index contributed by atoms with van der Waals surface area (Å²) in [5, 5.41) is 0. The predicted molar refractivity (Wildman–Crippen MR) is 69.7 cm³/mol. The molecule has 1 aliphatic heterocycles. The van der Waals surface area contributed by atoms with E-state index in [1.54, 1.807) is 27.7 Å². The summed E-state index contributed by atoms with van der Waals surface area (Å²) in [6, 6.07) is 0.935. The van der Waals surface area contributed by atoms with Crippen LogP contribution in [0.5, 0.6) is 0 Å². The summed E-state index contributed by atoms with van der Waals surface area (Å²) in [7, 11) is -0.976. The van der Waals surface area contributed by atoms with E-state index in [0.717, 1.165) is 12.3 Å². The first kappa shape index (κ1) is 11.6. The molecule has 0 bridgehead atoms. The summed E-state index contributed by atoms with van der Waals surface area (Å²) in [5.41, 5.74) is -3.53. The Labute approximate surface area is 120 Å². The third kappa shape index (κ3) is 2.56. The van der Waals surface area contributed by atoms with E-state index in [2.05, 4.69) is 4.98 Å². The first-order valence-electron chi connectivity index (χ1n) is 7.58. The van der Waals surface area contributed by atoms with Gasteiger partial charge in [-0.2, -0.15) is 13.2 Å². The molecule has 3 nitrogen and oxygen atoms in total. The largest absolute Gasteiger partial charge is 0.496 e. The number of hydrogen-bond donors (Lipinski definition) is 0. The third-order valence-corrected chi connectivity index (χ3v) is 3.70. The quantitative estimate of drug-likeness (QED) is 0.745. The molecule has 1 fully saturated rings. The van der Waals surface area contributed by atoms with Gasteiger partial charge in [0.1, 0.15) is 5.69 Å². The lowest BCUT2D eigenvalue weighted by atomic mass is 9.79. The molecule has 0 spiro atoms. The first-order chi connectivity index (χ1) is 10.2. The van der Waals surface area contributed by atoms with Gasteiger partial charge in [-0.15, -0.1) is 0 Å². The van der Waals surface area contributed by atoms with Crippen molar-refractivity contribution >= 4 is 12.6 Å². The minimum absolute atomic E-state index is 0.141. The summed E-state index contributed by atoms with van der Waals surface area (Å²) < 4.78 is 72.3. The van der Waals surface area contributed by atoms with Crippen LogP contribution in [0.25, 0.3) is 0 Å². The lowest BCUT2D eigenvalue weighted by molar-refractivity contribution is -0.141. The van der Waals surface area contributed by atoms with E-state index < -0.39 is 42.6 Å². The van der Waals surface area contributed by atoms with E-state index in [1.165, 1.54) is 0 Å². The van der Waals surface area contributed by atoms with Crippen LogP contribution in [0.15, 0.2) is 12.3 Å². The van der Waals surface area contributed by atoms with E-state index in [1.807, 2.05) is 0 Å². The standard InChI is InChI=1S/C13H17BF3NO2/c1-8-6-9(7-18-10(8)13(15,16)17)14-19-11(2,3)12(4,5)20-14/h6-7H,1-5H3/i1D3. The SMILES string of the molecule is [2H]C([2H])([2H])c1cc(B2OC(C)(C)C(C)(C)O2)cnc1C(F)(F)F. The second-order valence-electron chi connectivity index (χ2n) is 5.75. The van der Waals surface area contributed by atoms with Crippen LogP contribution in [-0.4, -0.2) is 23.3 Å². The summed E-state index contributed by atoms with van der Waals surface area (Å²) in [6.45, 7) is 4.20. The van der Waals surface area contributed by atoms with Crippen molar-refractivity contribution in [2.24, 2.45) is 0 Å². The molecule has 0 atom stereocenters. The molecule has 0 saturated carbocycles. The lowest BCUT2D eigenvalue weighted by Crippen LogP contribution is -2.41. The molecule has 0 aromatic carbocycles. The molecule has 1 saturated heterocycles. The molecule has 0 unspecified atom stereocenters. The highest BCUT2D eigenvalue weighted by Gasteiger charge is 2.52. The number of rotatable bonds is 1. The summed E-state index contributed by atoms with van der Waals surface area (Å²) in [5.74, 6) is 0. The Morgan fingerprint density at radius 1 is 1.20 bits per heavy atom. The Bertz CT molecular complexity index is 601. The molecule has 0 radical (unpaired) electrons. The average molecular weight is 290 g/mol. The zero-order valence-corrected chi connectivity index (χ0v) is 11.6. The second kappa shape index (κ2) is 4.46. The predicted octanol–water partition coefficient (Wildman–Crippen LogP) is 2.71. The number of hydrogen-bond acceptors (Lipinski definition) is 3. The highest BCUT2D eigenvalue weighted by atomic mass is 19.4. The van der Waals surface area contributed by atoms with Gasteiger partial charge in [-0.25, -0.2) is 0 Å². The Hall–Kier alpha value is -1.08. The topological polar surface area (TPSA) is 31.4 Å². The van der Waals surface area contributed by atoms with E-state index in [-0.39, 0.29) is 5.46 Å². The van der Waals surface area contributed by atoms with Gasteiger partial charge >= 0.3 is 13.3 Å². The number of aromatic nitrogens is 1. The van der Waals surface area contributed by atoms with E-state index in [4.69, 9.17) is 13.4 Å². The molecule has 7 heteroatoms. The van der Waals surface area contributed by atoms with Crippen LogP contribution in [-0.2, 0) is 15.5 Å². The van der Waals surface area contributed by atoms with Crippen molar-refractivity contribution in [1.82, 2.24) is 4.98 Å². The van der Waals surface area contributed by atoms with Crippen molar-refractivity contribution in [2.75, 3.05) is 0 Å². The van der Waals surface area contributed by atoms with Crippen molar-refractivity contribution in [1.29, 1.82) is 0 Å². The molecule has 2 heterocycles. The molecule has 110 valence electrons. The van der Waals surface area contributed by atoms with Crippen molar-refractivity contribution in [3.63, 3.8) is 0 Å². The number of nitrogens with zero attached hydrogens (tertiary/aromatic N) is 1. The van der Waals surface area contributed by atoms with Gasteiger partial charge in [0, 0.05) is 15.8 Å². The maximum Gasteiger partial charge on any atom is 0.496 e. The summed E-state index contributed by atoms with van der Waals surface area (Å²) in [6.07, 6.45) is -3.90. The van der Waals surface area contributed by atoms with Gasteiger partial charge < -0.3 is 9.31 Å². The minimum atomic E-state index is -4.85. The fourth-order valence-corrected chi connectivity index (χ4v) is 1.81. The number of alkyl halides is 3. The summed E-state index contributed by atoms with van der Waals surface area (Å²) >= 11 is 0. The Kier molecular flexibility index (Phi) is 2.58. The second-order valence-corrected chi connectivity index (χ2v) is 5.75. The van der Waals surface area contributed by atoms with Gasteiger partial charge in [-0.3, -0.25) is 4.98 Å². The van der Waals surface area contributed by atoms with Gasteiger partial charge in [0.15, 0.2) is 0 Å². The minimum Gasteiger partial charge on any atom is -0.399 e. The monoisotopic (exact) mass is 290 g/mol.